The molecule has 6 heteroatoms. The number of hydrogen-bond acceptors (Lipinski definition) is 4. The molecule has 0 bridgehead atoms. The number of pyridine rings is 1. The van der Waals surface area contributed by atoms with Gasteiger partial charge in [0.15, 0.2) is 6.10 Å². The maximum Gasteiger partial charge on any atom is 0.268 e. The van der Waals surface area contributed by atoms with Gasteiger partial charge in [-0.1, -0.05) is 19.1 Å². The van der Waals surface area contributed by atoms with E-state index < -0.39 is 6.10 Å². The zero-order chi connectivity index (χ0) is 19.7. The lowest BCUT2D eigenvalue weighted by Crippen LogP contribution is -2.50. The largest absolute Gasteiger partial charge is 0.478 e. The molecule has 146 valence electrons. The SMILES string of the molecule is CCC1Oc2ccc(C)cc2N(CC(=O)N(Cc2cccnc2)C2CC2)C1=O. The van der Waals surface area contributed by atoms with Gasteiger partial charge in [0.1, 0.15) is 12.3 Å². The molecule has 1 aromatic heterocycles. The second kappa shape index (κ2) is 7.62. The normalized spacial score (nSPS) is 18.4. The predicted octanol–water partition coefficient (Wildman–Crippen LogP) is 3.09. The van der Waals surface area contributed by atoms with Crippen LogP contribution < -0.4 is 9.64 Å². The lowest BCUT2D eigenvalue weighted by molar-refractivity contribution is -0.134. The minimum Gasteiger partial charge on any atom is -0.478 e. The van der Waals surface area contributed by atoms with Crippen molar-refractivity contribution in [3.8, 4) is 5.75 Å². The fourth-order valence-corrected chi connectivity index (χ4v) is 3.58. The summed E-state index contributed by atoms with van der Waals surface area (Å²) < 4.78 is 5.85. The molecule has 1 unspecified atom stereocenters. The van der Waals surface area contributed by atoms with Crippen LogP contribution in [-0.2, 0) is 16.1 Å². The molecule has 28 heavy (non-hydrogen) atoms. The number of hydrogen-bond donors (Lipinski definition) is 0. The molecule has 1 aromatic carbocycles. The van der Waals surface area contributed by atoms with Gasteiger partial charge in [-0.05, 0) is 55.5 Å². The molecule has 6 nitrogen and oxygen atoms in total. The minimum atomic E-state index is -0.546. The molecule has 1 atom stereocenters. The van der Waals surface area contributed by atoms with Crippen LogP contribution >= 0.6 is 0 Å². The van der Waals surface area contributed by atoms with Gasteiger partial charge < -0.3 is 9.64 Å². The minimum absolute atomic E-state index is 0.0336. The molecule has 2 heterocycles. The lowest BCUT2D eigenvalue weighted by Gasteiger charge is -2.35. The van der Waals surface area contributed by atoms with Gasteiger partial charge in [0.25, 0.3) is 5.91 Å². The number of carbonyl (C=O) groups is 2. The van der Waals surface area contributed by atoms with E-state index in [1.807, 2.05) is 49.1 Å². The first-order valence-corrected chi connectivity index (χ1v) is 9.84. The Balaban J connectivity index is 1.58. The smallest absolute Gasteiger partial charge is 0.268 e. The van der Waals surface area contributed by atoms with E-state index in [2.05, 4.69) is 4.98 Å². The van der Waals surface area contributed by atoms with Crippen molar-refractivity contribution in [3.63, 3.8) is 0 Å². The van der Waals surface area contributed by atoms with Crippen LogP contribution in [0.25, 0.3) is 0 Å². The maximum atomic E-state index is 13.2. The number of carbonyl (C=O) groups excluding carboxylic acids is 2. The first-order chi connectivity index (χ1) is 13.6. The highest BCUT2D eigenvalue weighted by atomic mass is 16.5. The number of amides is 2. The first-order valence-electron chi connectivity index (χ1n) is 9.84. The fraction of sp³-hybridized carbons (Fsp3) is 0.409. The molecule has 0 spiro atoms. The van der Waals surface area contributed by atoms with Crippen molar-refractivity contribution >= 4 is 17.5 Å². The summed E-state index contributed by atoms with van der Waals surface area (Å²) in [6, 6.07) is 9.85. The van der Waals surface area contributed by atoms with Crippen LogP contribution in [0.1, 0.15) is 37.3 Å². The molecule has 1 saturated carbocycles. The molecule has 2 aromatic rings. The standard InChI is InChI=1S/C22H25N3O3/c1-3-19-22(27)25(18-11-15(2)6-9-20(18)28-19)14-21(26)24(17-7-8-17)13-16-5-4-10-23-12-16/h4-6,9-12,17,19H,3,7-8,13-14H2,1-2H3. The summed E-state index contributed by atoms with van der Waals surface area (Å²) >= 11 is 0. The van der Waals surface area contributed by atoms with E-state index in [0.29, 0.717) is 24.4 Å². The number of aromatic nitrogens is 1. The first kappa shape index (κ1) is 18.5. The Bertz CT molecular complexity index is 880. The van der Waals surface area contributed by atoms with Crippen molar-refractivity contribution in [2.45, 2.75) is 51.8 Å². The fourth-order valence-electron chi connectivity index (χ4n) is 3.58. The molecular formula is C22H25N3O3. The van der Waals surface area contributed by atoms with Crippen LogP contribution in [0.3, 0.4) is 0 Å². The van der Waals surface area contributed by atoms with Crippen LogP contribution in [0.5, 0.6) is 5.75 Å². The second-order valence-electron chi connectivity index (χ2n) is 7.52. The molecule has 0 N–H and O–H groups in total. The molecule has 0 radical (unpaired) electrons. The summed E-state index contributed by atoms with van der Waals surface area (Å²) in [5.41, 5.74) is 2.70. The Hall–Kier alpha value is -2.89. The van der Waals surface area contributed by atoms with Gasteiger partial charge in [-0.3, -0.25) is 19.5 Å². The third-order valence-electron chi connectivity index (χ3n) is 5.26. The third kappa shape index (κ3) is 3.72. The van der Waals surface area contributed by atoms with Crippen molar-refractivity contribution in [1.29, 1.82) is 0 Å². The Kier molecular flexibility index (Phi) is 5.03. The highest BCUT2D eigenvalue weighted by molar-refractivity contribution is 6.04. The molecular weight excluding hydrogens is 354 g/mol. The Labute approximate surface area is 165 Å². The molecule has 1 aliphatic carbocycles. The van der Waals surface area contributed by atoms with Gasteiger partial charge in [0.05, 0.1) is 5.69 Å². The second-order valence-corrected chi connectivity index (χ2v) is 7.52. The number of fused-ring (bicyclic) bond motifs is 1. The van der Waals surface area contributed by atoms with Crippen molar-refractivity contribution in [2.75, 3.05) is 11.4 Å². The highest BCUT2D eigenvalue weighted by Crippen LogP contribution is 2.36. The van der Waals surface area contributed by atoms with Crippen LogP contribution in [0.2, 0.25) is 0 Å². The number of rotatable bonds is 6. The monoisotopic (exact) mass is 379 g/mol. The lowest BCUT2D eigenvalue weighted by atomic mass is 10.1. The van der Waals surface area contributed by atoms with E-state index in [9.17, 15) is 9.59 Å². The maximum absolute atomic E-state index is 13.2. The average Bonchev–Trinajstić information content (AvgIpc) is 3.54. The van der Waals surface area contributed by atoms with Crippen LogP contribution in [0.4, 0.5) is 5.69 Å². The number of aryl methyl sites for hydroxylation is 1. The number of benzene rings is 1. The highest BCUT2D eigenvalue weighted by Gasteiger charge is 2.38. The van der Waals surface area contributed by atoms with Gasteiger partial charge in [-0.2, -0.15) is 0 Å². The van der Waals surface area contributed by atoms with E-state index >= 15 is 0 Å². The Morgan fingerprint density at radius 2 is 2.14 bits per heavy atom. The summed E-state index contributed by atoms with van der Waals surface area (Å²) in [6.45, 7) is 4.44. The zero-order valence-corrected chi connectivity index (χ0v) is 16.3. The van der Waals surface area contributed by atoms with Crippen molar-refractivity contribution < 1.29 is 14.3 Å². The Morgan fingerprint density at radius 3 is 2.82 bits per heavy atom. The van der Waals surface area contributed by atoms with Crippen LogP contribution in [0.15, 0.2) is 42.7 Å². The van der Waals surface area contributed by atoms with E-state index in [1.165, 1.54) is 0 Å². The summed E-state index contributed by atoms with van der Waals surface area (Å²) in [7, 11) is 0. The van der Waals surface area contributed by atoms with Crippen molar-refractivity contribution in [3.05, 3.63) is 53.9 Å². The zero-order valence-electron chi connectivity index (χ0n) is 16.3. The average molecular weight is 379 g/mol. The third-order valence-corrected chi connectivity index (χ3v) is 5.26. The Morgan fingerprint density at radius 1 is 1.32 bits per heavy atom. The molecule has 1 aliphatic heterocycles. The van der Waals surface area contributed by atoms with E-state index in [0.717, 1.165) is 24.0 Å². The molecule has 1 fully saturated rings. The molecule has 0 saturated heterocycles. The number of nitrogens with zero attached hydrogens (tertiary/aromatic N) is 3. The van der Waals surface area contributed by atoms with Crippen LogP contribution in [-0.4, -0.2) is 40.4 Å². The van der Waals surface area contributed by atoms with Gasteiger partial charge in [0, 0.05) is 25.0 Å². The van der Waals surface area contributed by atoms with Gasteiger partial charge in [-0.25, -0.2) is 0 Å². The van der Waals surface area contributed by atoms with E-state index in [-0.39, 0.29) is 24.4 Å². The predicted molar refractivity (Wildman–Crippen MR) is 106 cm³/mol. The summed E-state index contributed by atoms with van der Waals surface area (Å²) in [6.07, 6.45) is 5.55. The topological polar surface area (TPSA) is 62.7 Å². The van der Waals surface area contributed by atoms with Crippen LogP contribution in [0, 0.1) is 6.92 Å². The molecule has 2 amide bonds. The van der Waals surface area contributed by atoms with Crippen molar-refractivity contribution in [2.24, 2.45) is 0 Å². The summed E-state index contributed by atoms with van der Waals surface area (Å²) in [5, 5.41) is 0. The van der Waals surface area contributed by atoms with Gasteiger partial charge in [-0.15, -0.1) is 0 Å². The quantitative estimate of drug-likeness (QED) is 0.774. The summed E-state index contributed by atoms with van der Waals surface area (Å²) in [4.78, 5) is 33.8. The van der Waals surface area contributed by atoms with E-state index in [4.69, 9.17) is 4.74 Å². The molecule has 2 aliphatic rings. The van der Waals surface area contributed by atoms with Gasteiger partial charge in [0.2, 0.25) is 5.91 Å². The number of anilines is 1. The number of ether oxygens (including phenoxy) is 1. The van der Waals surface area contributed by atoms with Crippen molar-refractivity contribution in [1.82, 2.24) is 9.88 Å². The molecule has 4 rings (SSSR count). The van der Waals surface area contributed by atoms with E-state index in [1.54, 1.807) is 17.3 Å². The summed E-state index contributed by atoms with van der Waals surface area (Å²) in [5.74, 6) is 0.477. The van der Waals surface area contributed by atoms with Gasteiger partial charge >= 0.3 is 0 Å².